The van der Waals surface area contributed by atoms with Crippen molar-refractivity contribution in [1.29, 1.82) is 0 Å². The molecule has 1 spiro atoms. The van der Waals surface area contributed by atoms with Gasteiger partial charge in [-0.05, 0) is 37.2 Å². The third-order valence-corrected chi connectivity index (χ3v) is 7.75. The number of imidazole rings is 1. The molecular formula is C23H25N7. The molecule has 1 saturated heterocycles. The highest BCUT2D eigenvalue weighted by molar-refractivity contribution is 6.14. The molecule has 1 aliphatic heterocycles. The summed E-state index contributed by atoms with van der Waals surface area (Å²) < 4.78 is 4.23. The molecule has 2 fully saturated rings. The van der Waals surface area contributed by atoms with E-state index in [0.29, 0.717) is 11.5 Å². The molecule has 1 aliphatic carbocycles. The average molecular weight is 400 g/mol. The summed E-state index contributed by atoms with van der Waals surface area (Å²) in [7, 11) is 0. The highest BCUT2D eigenvalue weighted by atomic mass is 15.3. The number of nitrogens with two attached hydrogens (primary N) is 1. The van der Waals surface area contributed by atoms with E-state index in [1.165, 1.54) is 35.6 Å². The lowest BCUT2D eigenvalue weighted by atomic mass is 9.74. The molecular weight excluding hydrogens is 374 g/mol. The quantitative estimate of drug-likeness (QED) is 0.421. The van der Waals surface area contributed by atoms with Crippen molar-refractivity contribution in [2.75, 3.05) is 18.0 Å². The minimum absolute atomic E-state index is 0.340. The van der Waals surface area contributed by atoms with Crippen LogP contribution in [0.5, 0.6) is 0 Å². The third kappa shape index (κ3) is 2.08. The van der Waals surface area contributed by atoms with Crippen molar-refractivity contribution in [1.82, 2.24) is 24.0 Å². The van der Waals surface area contributed by atoms with Gasteiger partial charge in [0.2, 0.25) is 5.95 Å². The maximum atomic E-state index is 6.50. The van der Waals surface area contributed by atoms with Gasteiger partial charge in [-0.25, -0.2) is 4.98 Å². The van der Waals surface area contributed by atoms with Crippen LogP contribution in [-0.2, 0) is 0 Å². The Bertz CT molecular complexity index is 1410. The van der Waals surface area contributed by atoms with Crippen molar-refractivity contribution in [2.45, 2.75) is 38.1 Å². The molecule has 7 rings (SSSR count). The van der Waals surface area contributed by atoms with Crippen molar-refractivity contribution >= 4 is 38.9 Å². The fraction of sp³-hybridized carbons (Fsp3) is 0.391. The van der Waals surface area contributed by atoms with E-state index in [4.69, 9.17) is 15.7 Å². The van der Waals surface area contributed by atoms with E-state index in [-0.39, 0.29) is 0 Å². The summed E-state index contributed by atoms with van der Waals surface area (Å²) >= 11 is 0. The molecule has 0 bridgehead atoms. The lowest BCUT2D eigenvalue weighted by molar-refractivity contribution is 0.197. The summed E-state index contributed by atoms with van der Waals surface area (Å²) in [6.45, 7) is 1.99. The molecule has 1 aromatic carbocycles. The summed E-state index contributed by atoms with van der Waals surface area (Å²) in [6, 6.07) is 8.92. The van der Waals surface area contributed by atoms with Crippen molar-refractivity contribution < 1.29 is 0 Å². The Morgan fingerprint density at radius 2 is 2.00 bits per heavy atom. The SMILES string of the molecule is N[C@@H]1CCCC12CCN(c1nc3[nH]n4ccc5cccc(c3c3nccn13)c54)CC2. The Morgan fingerprint density at radius 3 is 2.83 bits per heavy atom. The van der Waals surface area contributed by atoms with Crippen LogP contribution >= 0.6 is 0 Å². The number of nitrogens with one attached hydrogen (secondary N) is 1. The first-order chi connectivity index (χ1) is 14.7. The van der Waals surface area contributed by atoms with Gasteiger partial charge in [-0.3, -0.25) is 14.0 Å². The maximum absolute atomic E-state index is 6.50. The fourth-order valence-corrected chi connectivity index (χ4v) is 6.06. The Balaban J connectivity index is 1.41. The van der Waals surface area contributed by atoms with Crippen LogP contribution in [0, 0.1) is 5.41 Å². The van der Waals surface area contributed by atoms with Crippen LogP contribution in [0.1, 0.15) is 32.1 Å². The number of nitrogens with zero attached hydrogens (tertiary/aromatic N) is 5. The summed E-state index contributed by atoms with van der Waals surface area (Å²) in [5.74, 6) is 0.970. The second kappa shape index (κ2) is 5.76. The lowest BCUT2D eigenvalue weighted by Crippen LogP contribution is -2.47. The number of hydrogen-bond donors (Lipinski definition) is 2. The van der Waals surface area contributed by atoms with Gasteiger partial charge >= 0.3 is 0 Å². The monoisotopic (exact) mass is 399 g/mol. The van der Waals surface area contributed by atoms with E-state index in [9.17, 15) is 0 Å². The molecule has 0 unspecified atom stereocenters. The van der Waals surface area contributed by atoms with Crippen molar-refractivity contribution in [3.8, 4) is 0 Å². The topological polar surface area (TPSA) is 79.6 Å². The first-order valence-electron chi connectivity index (χ1n) is 11.0. The van der Waals surface area contributed by atoms with Crippen LogP contribution in [0.15, 0.2) is 42.9 Å². The maximum Gasteiger partial charge on any atom is 0.213 e. The number of para-hydroxylation sites is 1. The minimum atomic E-state index is 0.340. The lowest BCUT2D eigenvalue weighted by Gasteiger charge is -2.42. The number of anilines is 1. The molecule has 1 atom stereocenters. The molecule has 5 heterocycles. The Kier molecular flexibility index (Phi) is 3.21. The molecule has 152 valence electrons. The summed E-state index contributed by atoms with van der Waals surface area (Å²) in [5, 5.41) is 6.98. The number of H-pyrrole nitrogens is 1. The number of aromatic amines is 1. The van der Waals surface area contributed by atoms with Crippen LogP contribution in [0.2, 0.25) is 0 Å². The van der Waals surface area contributed by atoms with Crippen LogP contribution in [0.25, 0.3) is 33.0 Å². The van der Waals surface area contributed by atoms with Gasteiger partial charge in [0, 0.05) is 48.5 Å². The van der Waals surface area contributed by atoms with E-state index in [1.807, 2.05) is 12.4 Å². The highest BCUT2D eigenvalue weighted by Gasteiger charge is 2.43. The predicted octanol–water partition coefficient (Wildman–Crippen LogP) is 3.71. The van der Waals surface area contributed by atoms with E-state index < -0.39 is 0 Å². The van der Waals surface area contributed by atoms with Gasteiger partial charge < -0.3 is 10.6 Å². The van der Waals surface area contributed by atoms with Crippen LogP contribution in [0.4, 0.5) is 5.95 Å². The zero-order valence-corrected chi connectivity index (χ0v) is 16.9. The number of rotatable bonds is 1. The molecule has 3 N–H and O–H groups in total. The second-order valence-corrected chi connectivity index (χ2v) is 9.15. The van der Waals surface area contributed by atoms with Crippen LogP contribution < -0.4 is 10.6 Å². The number of hydrogen-bond acceptors (Lipinski definition) is 4. The molecule has 30 heavy (non-hydrogen) atoms. The van der Waals surface area contributed by atoms with Crippen molar-refractivity contribution in [3.05, 3.63) is 42.9 Å². The van der Waals surface area contributed by atoms with E-state index >= 15 is 0 Å². The number of aromatic nitrogens is 5. The van der Waals surface area contributed by atoms with Gasteiger partial charge in [0.1, 0.15) is 0 Å². The highest BCUT2D eigenvalue weighted by Crippen LogP contribution is 2.46. The first kappa shape index (κ1) is 16.7. The molecule has 2 aliphatic rings. The van der Waals surface area contributed by atoms with Gasteiger partial charge in [0.15, 0.2) is 11.3 Å². The fourth-order valence-electron chi connectivity index (χ4n) is 6.06. The smallest absolute Gasteiger partial charge is 0.213 e. The third-order valence-electron chi connectivity index (χ3n) is 7.75. The molecule has 1 saturated carbocycles. The molecule has 7 nitrogen and oxygen atoms in total. The van der Waals surface area contributed by atoms with E-state index in [0.717, 1.165) is 48.6 Å². The van der Waals surface area contributed by atoms with Crippen molar-refractivity contribution in [2.24, 2.45) is 11.1 Å². The Hall–Kier alpha value is -3.06. The number of piperidine rings is 1. The average Bonchev–Trinajstić information content (AvgIpc) is 3.49. The minimum Gasteiger partial charge on any atom is -0.342 e. The predicted molar refractivity (Wildman–Crippen MR) is 119 cm³/mol. The second-order valence-electron chi connectivity index (χ2n) is 9.15. The summed E-state index contributed by atoms with van der Waals surface area (Å²) in [6.07, 6.45) is 12.0. The van der Waals surface area contributed by atoms with Gasteiger partial charge in [-0.15, -0.1) is 0 Å². The molecule has 5 aromatic rings. The summed E-state index contributed by atoms with van der Waals surface area (Å²) in [5.41, 5.74) is 9.85. The Labute approximate surface area is 173 Å². The largest absolute Gasteiger partial charge is 0.342 e. The number of fused-ring (bicyclic) bond motifs is 4. The Morgan fingerprint density at radius 1 is 1.10 bits per heavy atom. The first-order valence-corrected chi connectivity index (χ1v) is 11.0. The van der Waals surface area contributed by atoms with E-state index in [1.54, 1.807) is 0 Å². The molecule has 4 aromatic heterocycles. The van der Waals surface area contributed by atoms with Gasteiger partial charge in [0.25, 0.3) is 0 Å². The van der Waals surface area contributed by atoms with Gasteiger partial charge in [0.05, 0.1) is 10.9 Å². The standard InChI is InChI=1S/C23H25N7/c24-17-5-2-7-23(17)8-12-28(13-9-23)22-26-20-18(21-25-10-14-29(21)22)16-4-1-3-15-6-11-30(27-20)19(15)16/h1,3-4,6,10-11,14,17,27H,2,5,7-9,12-13,24H2/t17-/m1/s1. The molecule has 0 radical (unpaired) electrons. The number of benzene rings is 1. The van der Waals surface area contributed by atoms with E-state index in [2.05, 4.69) is 49.4 Å². The normalized spacial score (nSPS) is 21.8. The zero-order chi connectivity index (χ0) is 19.9. The molecule has 7 heteroatoms. The summed E-state index contributed by atoms with van der Waals surface area (Å²) in [4.78, 5) is 12.3. The van der Waals surface area contributed by atoms with Crippen LogP contribution in [0.3, 0.4) is 0 Å². The van der Waals surface area contributed by atoms with Gasteiger partial charge in [-0.1, -0.05) is 24.6 Å². The van der Waals surface area contributed by atoms with Crippen molar-refractivity contribution in [3.63, 3.8) is 0 Å². The zero-order valence-electron chi connectivity index (χ0n) is 16.9. The van der Waals surface area contributed by atoms with Gasteiger partial charge in [-0.2, -0.15) is 4.98 Å². The van der Waals surface area contributed by atoms with Crippen LogP contribution in [-0.4, -0.2) is 43.1 Å². The molecule has 0 amide bonds.